The zero-order valence-electron chi connectivity index (χ0n) is 13.9. The third kappa shape index (κ3) is 2.46. The van der Waals surface area contributed by atoms with Crippen LogP contribution >= 0.6 is 0 Å². The van der Waals surface area contributed by atoms with Crippen LogP contribution in [0.4, 0.5) is 0 Å². The SMILES string of the molecule is [2H]N([2H])C([2H])(C(N)=O)C(C)(C([2H])([2H])[2H])C([2H])([2H])[2H]. The van der Waals surface area contributed by atoms with Gasteiger partial charge in [0.2, 0.25) is 5.91 Å². The molecule has 0 fully saturated rings. The van der Waals surface area contributed by atoms with Gasteiger partial charge >= 0.3 is 0 Å². The maximum absolute atomic E-state index is 11.3. The van der Waals surface area contributed by atoms with Crippen molar-refractivity contribution in [1.29, 1.82) is 0 Å². The second-order valence-electron chi connectivity index (χ2n) is 1.84. The minimum absolute atomic E-state index is 0.589. The van der Waals surface area contributed by atoms with E-state index in [0.29, 0.717) is 6.92 Å². The van der Waals surface area contributed by atoms with Crippen molar-refractivity contribution in [3.05, 3.63) is 0 Å². The summed E-state index contributed by atoms with van der Waals surface area (Å²) in [5.41, 5.74) is 1.27. The van der Waals surface area contributed by atoms with Gasteiger partial charge in [0.25, 0.3) is 0 Å². The molecule has 4 N–H and O–H groups in total. The Morgan fingerprint density at radius 3 is 2.67 bits per heavy atom. The predicted octanol–water partition coefficient (Wildman–Crippen LogP) is -0.155. The Hall–Kier alpha value is -0.570. The number of carbonyl (C=O) groups is 1. The van der Waals surface area contributed by atoms with Gasteiger partial charge in [-0.05, 0) is 5.41 Å². The van der Waals surface area contributed by atoms with Gasteiger partial charge in [0, 0.05) is 8.22 Å². The number of primary amides is 1. The van der Waals surface area contributed by atoms with E-state index in [-0.39, 0.29) is 0 Å². The summed E-state index contributed by atoms with van der Waals surface area (Å²) in [6.45, 7) is -5.97. The van der Waals surface area contributed by atoms with Gasteiger partial charge < -0.3 is 11.5 Å². The molecule has 0 radical (unpaired) electrons. The van der Waals surface area contributed by atoms with Gasteiger partial charge in [0.1, 0.15) is 2.82 Å². The molecular weight excluding hydrogens is 116 g/mol. The maximum Gasteiger partial charge on any atom is 0.234 e. The summed E-state index contributed by atoms with van der Waals surface area (Å²) in [6.07, 6.45) is 0. The Labute approximate surface area is 68.2 Å². The normalized spacial score (nSPS) is 36.4. The molecule has 0 aliphatic heterocycles. The molecule has 0 aromatic carbocycles. The standard InChI is InChI=1S/C6H14N2O/c1-6(2,3)4(7)5(8)9/h4H,7H2,1-3H3,(H2,8,9)/i1D3,2D3,4D/hD2. The topological polar surface area (TPSA) is 69.1 Å². The summed E-state index contributed by atoms with van der Waals surface area (Å²) in [4.78, 5) is 11.3. The number of amides is 1. The van der Waals surface area contributed by atoms with Crippen molar-refractivity contribution in [2.45, 2.75) is 26.6 Å². The Bertz CT molecular complexity index is 321. The smallest absolute Gasteiger partial charge is 0.234 e. The zero-order valence-corrected chi connectivity index (χ0v) is 4.93. The summed E-state index contributed by atoms with van der Waals surface area (Å²) >= 11 is 0. The van der Waals surface area contributed by atoms with Crippen molar-refractivity contribution < 1.29 is 17.2 Å². The molecule has 0 aromatic rings. The third-order valence-electron chi connectivity index (χ3n) is 0.707. The average Bonchev–Trinajstić information content (AvgIpc) is 2.10. The lowest BCUT2D eigenvalue weighted by Crippen LogP contribution is -2.46. The lowest BCUT2D eigenvalue weighted by molar-refractivity contribution is -0.121. The van der Waals surface area contributed by atoms with Gasteiger partial charge in [-0.25, -0.2) is 0 Å². The molecule has 0 heterocycles. The monoisotopic (exact) mass is 139 g/mol. The van der Waals surface area contributed by atoms with E-state index >= 15 is 0 Å². The Kier molecular flexibility index (Phi) is 0.450. The molecule has 0 rings (SSSR count). The van der Waals surface area contributed by atoms with E-state index in [9.17, 15) is 4.79 Å². The predicted molar refractivity (Wildman–Crippen MR) is 36.6 cm³/mol. The van der Waals surface area contributed by atoms with E-state index in [2.05, 4.69) is 0 Å². The van der Waals surface area contributed by atoms with Crippen molar-refractivity contribution in [3.63, 3.8) is 0 Å². The summed E-state index contributed by atoms with van der Waals surface area (Å²) in [5, 5.41) is 0. The highest BCUT2D eigenvalue weighted by atomic mass is 16.1. The van der Waals surface area contributed by atoms with Gasteiger partial charge in [-0.15, -0.1) is 0 Å². The largest absolute Gasteiger partial charge is 0.368 e. The summed E-state index contributed by atoms with van der Waals surface area (Å²) in [5.74, 6) is -1.69. The highest BCUT2D eigenvalue weighted by Crippen LogP contribution is 2.16. The Balaban J connectivity index is 6.29. The molecule has 1 unspecified atom stereocenters. The quantitative estimate of drug-likeness (QED) is 0.558. The van der Waals surface area contributed by atoms with Crippen LogP contribution in [0.1, 0.15) is 30.2 Å². The van der Waals surface area contributed by atoms with Crippen molar-refractivity contribution in [1.82, 2.24) is 0 Å². The minimum Gasteiger partial charge on any atom is -0.368 e. The summed E-state index contributed by atoms with van der Waals surface area (Å²) in [6, 6.07) is -3.25. The number of hydrogen-bond acceptors (Lipinski definition) is 2. The van der Waals surface area contributed by atoms with Crippen molar-refractivity contribution >= 4 is 5.91 Å². The maximum atomic E-state index is 11.3. The first-order valence-electron chi connectivity index (χ1n) is 6.61. The summed E-state index contributed by atoms with van der Waals surface area (Å²) in [7, 11) is 0. The van der Waals surface area contributed by atoms with Crippen LogP contribution in [0.3, 0.4) is 0 Å². The lowest BCUT2D eigenvalue weighted by Gasteiger charge is -2.23. The molecule has 0 aromatic heterocycles. The molecule has 54 valence electrons. The molecule has 0 aliphatic rings. The third-order valence-corrected chi connectivity index (χ3v) is 0.707. The first kappa shape index (κ1) is 1.72. The van der Waals surface area contributed by atoms with Crippen molar-refractivity contribution in [2.24, 2.45) is 16.9 Å². The van der Waals surface area contributed by atoms with Gasteiger partial charge in [0.15, 0.2) is 0 Å². The van der Waals surface area contributed by atoms with Crippen LogP contribution in [-0.4, -0.2) is 11.9 Å². The molecule has 3 nitrogen and oxygen atoms in total. The first-order valence-corrected chi connectivity index (χ1v) is 2.22. The molecule has 0 saturated heterocycles. The molecule has 1 amide bonds. The van der Waals surface area contributed by atoms with Crippen molar-refractivity contribution in [3.8, 4) is 0 Å². The van der Waals surface area contributed by atoms with E-state index in [1.165, 1.54) is 0 Å². The van der Waals surface area contributed by atoms with Crippen LogP contribution in [0.5, 0.6) is 0 Å². The van der Waals surface area contributed by atoms with Crippen LogP contribution in [0.15, 0.2) is 0 Å². The molecule has 0 bridgehead atoms. The van der Waals surface area contributed by atoms with Crippen LogP contribution in [-0.2, 0) is 4.79 Å². The van der Waals surface area contributed by atoms with Crippen LogP contribution in [0.25, 0.3) is 0 Å². The van der Waals surface area contributed by atoms with E-state index < -0.39 is 36.8 Å². The average molecular weight is 139 g/mol. The lowest BCUT2D eigenvalue weighted by atomic mass is 9.87. The van der Waals surface area contributed by atoms with Gasteiger partial charge in [0.05, 0.1) is 7.39 Å². The minimum atomic E-state index is -3.30. The molecule has 1 atom stereocenters. The first-order chi connectivity index (χ1) is 7.64. The van der Waals surface area contributed by atoms with Crippen LogP contribution in [0, 0.1) is 5.41 Å². The number of rotatable bonds is 2. The molecule has 0 aliphatic carbocycles. The fourth-order valence-electron chi connectivity index (χ4n) is 0.246. The number of carbonyl (C=O) groups excluding carboxylic acids is 1. The highest BCUT2D eigenvalue weighted by Gasteiger charge is 2.24. The van der Waals surface area contributed by atoms with Gasteiger partial charge in [-0.3, -0.25) is 4.79 Å². The van der Waals surface area contributed by atoms with E-state index in [4.69, 9.17) is 18.2 Å². The van der Waals surface area contributed by atoms with Crippen LogP contribution in [0.2, 0.25) is 2.82 Å². The Morgan fingerprint density at radius 1 is 2.00 bits per heavy atom. The fourth-order valence-corrected chi connectivity index (χ4v) is 0.246. The van der Waals surface area contributed by atoms with E-state index in [1.807, 2.05) is 0 Å². The summed E-state index contributed by atoms with van der Waals surface area (Å²) < 4.78 is 65.0. The second-order valence-corrected chi connectivity index (χ2v) is 1.84. The molecule has 0 spiro atoms. The zero-order chi connectivity index (χ0) is 15.2. The molecule has 3 heteroatoms. The fraction of sp³-hybridized carbons (Fsp3) is 0.833. The van der Waals surface area contributed by atoms with Gasteiger partial charge in [-0.1, -0.05) is 20.6 Å². The Morgan fingerprint density at radius 2 is 2.56 bits per heavy atom. The molecular formula is C6H14N2O. The second kappa shape index (κ2) is 2.35. The highest BCUT2D eigenvalue weighted by molar-refractivity contribution is 5.80. The van der Waals surface area contributed by atoms with Crippen molar-refractivity contribution in [2.75, 3.05) is 0 Å². The number of hydrogen-bond donors (Lipinski definition) is 2. The molecule has 0 saturated carbocycles. The van der Waals surface area contributed by atoms with Gasteiger partial charge in [-0.2, -0.15) is 0 Å². The van der Waals surface area contributed by atoms with E-state index in [1.54, 1.807) is 0 Å². The molecule has 9 heavy (non-hydrogen) atoms. The number of nitrogens with two attached hydrogens (primary N) is 2. The van der Waals surface area contributed by atoms with E-state index in [0.717, 1.165) is 0 Å². The van der Waals surface area contributed by atoms with Crippen LogP contribution < -0.4 is 11.5 Å².